The van der Waals surface area contributed by atoms with Gasteiger partial charge in [0.25, 0.3) is 0 Å². The smallest absolute Gasteiger partial charge is 0.227 e. The summed E-state index contributed by atoms with van der Waals surface area (Å²) < 4.78 is 27.4. The highest BCUT2D eigenvalue weighted by Gasteiger charge is 2.35. The summed E-state index contributed by atoms with van der Waals surface area (Å²) in [7, 11) is 0. The zero-order valence-electron chi connectivity index (χ0n) is 21.5. The molecule has 2 fully saturated rings. The van der Waals surface area contributed by atoms with Crippen LogP contribution in [0.25, 0.3) is 0 Å². The molecule has 2 atom stereocenters. The van der Waals surface area contributed by atoms with Crippen molar-refractivity contribution in [3.05, 3.63) is 107 Å². The molecule has 4 nitrogen and oxygen atoms in total. The number of piperazine rings is 1. The lowest BCUT2D eigenvalue weighted by Crippen LogP contribution is -2.53. The molecule has 2 aliphatic heterocycles. The maximum Gasteiger partial charge on any atom is 0.227 e. The first-order valence-electron chi connectivity index (χ1n) is 13.2. The molecule has 0 unspecified atom stereocenters. The molecule has 194 valence electrons. The van der Waals surface area contributed by atoms with Gasteiger partial charge in [0.15, 0.2) is 0 Å². The zero-order valence-corrected chi connectivity index (χ0v) is 21.5. The van der Waals surface area contributed by atoms with E-state index >= 15 is 0 Å². The maximum absolute atomic E-state index is 14.0. The topological polar surface area (TPSA) is 26.8 Å². The molecule has 1 amide bonds. The number of aryl methyl sites for hydroxylation is 1. The van der Waals surface area contributed by atoms with Gasteiger partial charge in [0.05, 0.1) is 5.92 Å². The van der Waals surface area contributed by atoms with Gasteiger partial charge in [0.2, 0.25) is 5.91 Å². The van der Waals surface area contributed by atoms with Gasteiger partial charge >= 0.3 is 0 Å². The molecule has 2 aliphatic rings. The highest BCUT2D eigenvalue weighted by atomic mass is 19.1. The van der Waals surface area contributed by atoms with Crippen molar-refractivity contribution in [1.82, 2.24) is 14.7 Å². The molecule has 37 heavy (non-hydrogen) atoms. The largest absolute Gasteiger partial charge is 0.340 e. The van der Waals surface area contributed by atoms with E-state index in [9.17, 15) is 13.6 Å². The van der Waals surface area contributed by atoms with E-state index in [-0.39, 0.29) is 29.4 Å². The molecular weight excluding hydrogens is 468 g/mol. The number of benzene rings is 3. The van der Waals surface area contributed by atoms with Crippen LogP contribution in [0.5, 0.6) is 0 Å². The molecule has 5 rings (SSSR count). The molecule has 0 aliphatic carbocycles. The van der Waals surface area contributed by atoms with Crippen LogP contribution in [0.15, 0.2) is 72.8 Å². The first-order chi connectivity index (χ1) is 17.9. The molecular formula is C31H35F2N3O. The number of rotatable bonds is 6. The minimum absolute atomic E-state index is 0.120. The highest BCUT2D eigenvalue weighted by Crippen LogP contribution is 2.33. The fraction of sp³-hybridized carbons (Fsp3) is 0.387. The van der Waals surface area contributed by atoms with Gasteiger partial charge in [-0.05, 0) is 59.7 Å². The Bertz CT molecular complexity index is 1190. The van der Waals surface area contributed by atoms with E-state index in [4.69, 9.17) is 0 Å². The van der Waals surface area contributed by atoms with Crippen LogP contribution < -0.4 is 0 Å². The van der Waals surface area contributed by atoms with Crippen LogP contribution in [-0.4, -0.2) is 59.9 Å². The van der Waals surface area contributed by atoms with Crippen LogP contribution >= 0.6 is 0 Å². The summed E-state index contributed by atoms with van der Waals surface area (Å²) >= 11 is 0. The Morgan fingerprint density at radius 3 is 2.19 bits per heavy atom. The quantitative estimate of drug-likeness (QED) is 0.461. The highest BCUT2D eigenvalue weighted by molar-refractivity contribution is 5.79. The Balaban J connectivity index is 1.27. The van der Waals surface area contributed by atoms with Crippen molar-refractivity contribution in [2.45, 2.75) is 32.4 Å². The van der Waals surface area contributed by atoms with Crippen molar-refractivity contribution in [2.75, 3.05) is 39.3 Å². The van der Waals surface area contributed by atoms with Crippen LogP contribution in [0.3, 0.4) is 0 Å². The molecule has 0 bridgehead atoms. The van der Waals surface area contributed by atoms with Crippen LogP contribution in [0.2, 0.25) is 0 Å². The maximum atomic E-state index is 14.0. The Morgan fingerprint density at radius 2 is 1.49 bits per heavy atom. The molecule has 2 saturated heterocycles. The van der Waals surface area contributed by atoms with Gasteiger partial charge in [-0.1, -0.05) is 54.6 Å². The van der Waals surface area contributed by atoms with Crippen molar-refractivity contribution >= 4 is 5.91 Å². The second kappa shape index (κ2) is 11.5. The predicted octanol–water partition coefficient (Wildman–Crippen LogP) is 5.22. The second-order valence-electron chi connectivity index (χ2n) is 10.5. The normalized spacial score (nSPS) is 21.2. The summed E-state index contributed by atoms with van der Waals surface area (Å²) in [5, 5.41) is 0. The van der Waals surface area contributed by atoms with Crippen molar-refractivity contribution in [3.63, 3.8) is 0 Å². The molecule has 6 heteroatoms. The van der Waals surface area contributed by atoms with Gasteiger partial charge in [-0.25, -0.2) is 8.78 Å². The lowest BCUT2D eigenvalue weighted by Gasteiger charge is -2.41. The molecule has 3 aromatic carbocycles. The van der Waals surface area contributed by atoms with Crippen molar-refractivity contribution in [2.24, 2.45) is 5.92 Å². The number of carbonyl (C=O) groups excluding carboxylic acids is 1. The third kappa shape index (κ3) is 6.43. The summed E-state index contributed by atoms with van der Waals surface area (Å²) in [6.45, 7) is 8.03. The molecule has 0 saturated carbocycles. The van der Waals surface area contributed by atoms with E-state index in [0.29, 0.717) is 18.7 Å². The summed E-state index contributed by atoms with van der Waals surface area (Å²) in [6.07, 6.45) is 0.758. The second-order valence-corrected chi connectivity index (χ2v) is 10.5. The first-order valence-corrected chi connectivity index (χ1v) is 13.2. The molecule has 0 N–H and O–H groups in total. The van der Waals surface area contributed by atoms with Crippen molar-refractivity contribution < 1.29 is 13.6 Å². The average Bonchev–Trinajstić information content (AvgIpc) is 2.92. The summed E-state index contributed by atoms with van der Waals surface area (Å²) in [5.74, 6) is -0.218. The monoisotopic (exact) mass is 503 g/mol. The van der Waals surface area contributed by atoms with E-state index in [1.807, 2.05) is 35.2 Å². The molecule has 0 spiro atoms. The number of hydrogen-bond donors (Lipinski definition) is 0. The van der Waals surface area contributed by atoms with E-state index in [0.717, 1.165) is 56.8 Å². The first kappa shape index (κ1) is 25.6. The number of likely N-dealkylation sites (tertiary alicyclic amines) is 1. The number of halogens is 2. The van der Waals surface area contributed by atoms with Crippen LogP contribution in [-0.2, 0) is 17.9 Å². The fourth-order valence-electron chi connectivity index (χ4n) is 5.74. The van der Waals surface area contributed by atoms with E-state index in [2.05, 4.69) is 34.1 Å². The van der Waals surface area contributed by atoms with E-state index in [1.165, 1.54) is 23.8 Å². The number of piperidine rings is 1. The lowest BCUT2D eigenvalue weighted by atomic mass is 9.83. The van der Waals surface area contributed by atoms with Crippen LogP contribution in [0.4, 0.5) is 8.78 Å². The number of carbonyl (C=O) groups is 1. The number of nitrogens with zero attached hydrogens (tertiary/aromatic N) is 3. The SMILES string of the molecule is Cc1cc([C@@H]2C[C@H](C(=O)N3CCN(Cc4ccccc4)CC3)CN(Cc3ccc(F)cc3)C2)ccc1F. The zero-order chi connectivity index (χ0) is 25.8. The summed E-state index contributed by atoms with van der Waals surface area (Å²) in [6, 6.07) is 22.4. The van der Waals surface area contributed by atoms with Gasteiger partial charge in [0, 0.05) is 52.4 Å². The Labute approximate surface area is 218 Å². The van der Waals surface area contributed by atoms with Crippen molar-refractivity contribution in [1.29, 1.82) is 0 Å². The van der Waals surface area contributed by atoms with Gasteiger partial charge in [-0.15, -0.1) is 0 Å². The van der Waals surface area contributed by atoms with Gasteiger partial charge in [0.1, 0.15) is 11.6 Å². The summed E-state index contributed by atoms with van der Waals surface area (Å²) in [5.41, 5.74) is 4.03. The molecule has 0 aromatic heterocycles. The summed E-state index contributed by atoms with van der Waals surface area (Å²) in [4.78, 5) is 20.5. The van der Waals surface area contributed by atoms with Gasteiger partial charge < -0.3 is 4.90 Å². The number of hydrogen-bond acceptors (Lipinski definition) is 3. The minimum atomic E-state index is -0.249. The number of amides is 1. The Kier molecular flexibility index (Phi) is 7.96. The average molecular weight is 504 g/mol. The van der Waals surface area contributed by atoms with Gasteiger partial charge in [-0.2, -0.15) is 0 Å². The Morgan fingerprint density at radius 1 is 0.811 bits per heavy atom. The lowest BCUT2D eigenvalue weighted by molar-refractivity contribution is -0.139. The standard InChI is InChI=1S/C31H35F2N3O/c1-23-17-26(9-12-30(23)33)27-18-28(22-35(21-27)20-25-7-10-29(32)11-8-25)31(37)36-15-13-34(14-16-36)19-24-5-3-2-4-6-24/h2-12,17,27-28H,13-16,18-22H2,1H3/t27-,28+/m1/s1. The predicted molar refractivity (Wildman–Crippen MR) is 142 cm³/mol. The third-order valence-electron chi connectivity index (χ3n) is 7.78. The minimum Gasteiger partial charge on any atom is -0.340 e. The third-order valence-corrected chi connectivity index (χ3v) is 7.78. The van der Waals surface area contributed by atoms with Crippen LogP contribution in [0.1, 0.15) is 34.6 Å². The van der Waals surface area contributed by atoms with E-state index in [1.54, 1.807) is 6.92 Å². The van der Waals surface area contributed by atoms with E-state index < -0.39 is 0 Å². The van der Waals surface area contributed by atoms with Crippen LogP contribution in [0, 0.1) is 24.5 Å². The fourth-order valence-corrected chi connectivity index (χ4v) is 5.74. The van der Waals surface area contributed by atoms with Crippen molar-refractivity contribution in [3.8, 4) is 0 Å². The molecule has 3 aromatic rings. The van der Waals surface area contributed by atoms with Gasteiger partial charge in [-0.3, -0.25) is 14.6 Å². The molecule has 2 heterocycles. The Hall–Kier alpha value is -3.09. The molecule has 0 radical (unpaired) electrons.